The molecule has 0 saturated heterocycles. The third-order valence-corrected chi connectivity index (χ3v) is 5.97. The van der Waals surface area contributed by atoms with Crippen molar-refractivity contribution in [3.63, 3.8) is 0 Å². The summed E-state index contributed by atoms with van der Waals surface area (Å²) >= 11 is 0. The largest absolute Gasteiger partial charge is 0.428 e. The van der Waals surface area contributed by atoms with Crippen molar-refractivity contribution in [2.24, 2.45) is 5.92 Å². The monoisotopic (exact) mass is 446 g/mol. The maximum Gasteiger partial charge on any atom is 0.302 e. The highest BCUT2D eigenvalue weighted by atomic mass is 32.2. The number of aliphatic hydroxyl groups is 1. The molecule has 166 valence electrons. The molecule has 1 heterocycles. The zero-order valence-electron chi connectivity index (χ0n) is 17.5. The number of nitriles is 1. The second-order valence-corrected chi connectivity index (χ2v) is 9.56. The van der Waals surface area contributed by atoms with Gasteiger partial charge in [-0.15, -0.1) is 0 Å². The summed E-state index contributed by atoms with van der Waals surface area (Å²) < 4.78 is 30.4. The molecule has 0 spiro atoms. The first-order valence-electron chi connectivity index (χ1n) is 10.1. The average molecular weight is 447 g/mol. The molecule has 1 aromatic heterocycles. The lowest BCUT2D eigenvalue weighted by Gasteiger charge is -2.30. The van der Waals surface area contributed by atoms with Crippen molar-refractivity contribution in [1.82, 2.24) is 9.71 Å². The third-order valence-electron chi connectivity index (χ3n) is 5.41. The zero-order valence-corrected chi connectivity index (χ0v) is 18.4. The van der Waals surface area contributed by atoms with Crippen LogP contribution < -0.4 is 9.62 Å². The molecule has 1 fully saturated rings. The summed E-state index contributed by atoms with van der Waals surface area (Å²) in [7, 11) is -3.74. The molecule has 3 rings (SSSR count). The minimum Gasteiger partial charge on any atom is -0.428 e. The molecule has 0 aliphatic heterocycles. The molecule has 2 atom stereocenters. The lowest BCUT2D eigenvalue weighted by molar-refractivity contribution is 0.0665. The lowest BCUT2D eigenvalue weighted by Crippen LogP contribution is -2.30. The Bertz CT molecular complexity index is 1070. The number of aliphatic hydroxyl groups excluding tert-OH is 1. The van der Waals surface area contributed by atoms with Crippen LogP contribution in [0.5, 0.6) is 0 Å². The second kappa shape index (κ2) is 9.49. The Morgan fingerprint density at radius 3 is 2.61 bits per heavy atom. The number of rotatable bonds is 7. The number of nitrogens with one attached hydrogen (secondary N) is 1. The Morgan fingerprint density at radius 1 is 1.32 bits per heavy atom. The number of anilines is 2. The van der Waals surface area contributed by atoms with E-state index in [-0.39, 0.29) is 29.5 Å². The minimum absolute atomic E-state index is 0.114. The normalized spacial score (nSPS) is 18.9. The van der Waals surface area contributed by atoms with Crippen molar-refractivity contribution in [3.8, 4) is 6.07 Å². The summed E-state index contributed by atoms with van der Waals surface area (Å²) in [5.41, 5.74) is 1.10. The summed E-state index contributed by atoms with van der Waals surface area (Å²) in [6, 6.07) is 9.07. The molecule has 1 aliphatic carbocycles. The molecule has 0 unspecified atom stereocenters. The van der Waals surface area contributed by atoms with Crippen molar-refractivity contribution < 1.29 is 22.7 Å². The van der Waals surface area contributed by atoms with Crippen LogP contribution in [0.4, 0.5) is 11.7 Å². The lowest BCUT2D eigenvalue weighted by atomic mass is 9.84. The van der Waals surface area contributed by atoms with E-state index in [1.165, 1.54) is 6.92 Å². The Balaban J connectivity index is 1.89. The molecule has 1 aliphatic rings. The molecule has 1 saturated carbocycles. The van der Waals surface area contributed by atoms with Crippen LogP contribution in [-0.4, -0.2) is 43.3 Å². The molecule has 31 heavy (non-hydrogen) atoms. The maximum atomic E-state index is 12.3. The standard InChI is InChI=1S/C21H26N4O5S/c1-14-19(20(27)24-31(2,28)29)23-21(30-14)25(17-9-7-15(13-22)8-10-17)12-11-16-5-3-4-6-18(16)26/h7-10,16,18,26H,3-6,11-12H2,1-2H3,(H,24,27)/t16-,18+/m1/s1. The summed E-state index contributed by atoms with van der Waals surface area (Å²) in [6.45, 7) is 2.01. The van der Waals surface area contributed by atoms with Gasteiger partial charge >= 0.3 is 6.01 Å². The van der Waals surface area contributed by atoms with E-state index < -0.39 is 15.9 Å². The number of hydrogen-bond acceptors (Lipinski definition) is 8. The SMILES string of the molecule is Cc1oc(N(CC[C@H]2CCCC[C@@H]2O)c2ccc(C#N)cc2)nc1C(=O)NS(C)(=O)=O. The van der Waals surface area contributed by atoms with Gasteiger partial charge in [0.1, 0.15) is 5.76 Å². The Morgan fingerprint density at radius 2 is 2.00 bits per heavy atom. The fraction of sp³-hybridized carbons (Fsp3) is 0.476. The van der Waals surface area contributed by atoms with Crippen LogP contribution in [0.15, 0.2) is 28.7 Å². The molecule has 1 amide bonds. The van der Waals surface area contributed by atoms with E-state index >= 15 is 0 Å². The quantitative estimate of drug-likeness (QED) is 0.662. The second-order valence-electron chi connectivity index (χ2n) is 7.82. The van der Waals surface area contributed by atoms with Gasteiger partial charge in [0, 0.05) is 12.2 Å². The molecule has 2 N–H and O–H groups in total. The van der Waals surface area contributed by atoms with Gasteiger partial charge in [-0.3, -0.25) is 9.69 Å². The van der Waals surface area contributed by atoms with Crippen LogP contribution in [0.25, 0.3) is 0 Å². The van der Waals surface area contributed by atoms with Crippen LogP contribution in [0.1, 0.15) is 53.9 Å². The molecular formula is C21H26N4O5S. The van der Waals surface area contributed by atoms with Crippen LogP contribution in [0.3, 0.4) is 0 Å². The molecule has 0 radical (unpaired) electrons. The van der Waals surface area contributed by atoms with Crippen molar-refractivity contribution in [2.45, 2.75) is 45.1 Å². The Kier molecular flexibility index (Phi) is 6.97. The van der Waals surface area contributed by atoms with Gasteiger partial charge in [0.15, 0.2) is 5.69 Å². The van der Waals surface area contributed by atoms with Crippen LogP contribution in [0.2, 0.25) is 0 Å². The van der Waals surface area contributed by atoms with Gasteiger partial charge in [-0.2, -0.15) is 10.2 Å². The third kappa shape index (κ3) is 5.83. The van der Waals surface area contributed by atoms with Gasteiger partial charge in [0.2, 0.25) is 10.0 Å². The highest BCUT2D eigenvalue weighted by Crippen LogP contribution is 2.31. The number of nitrogens with zero attached hydrogens (tertiary/aromatic N) is 3. The highest BCUT2D eigenvalue weighted by Gasteiger charge is 2.27. The molecule has 10 heteroatoms. The number of benzene rings is 1. The number of aryl methyl sites for hydroxylation is 1. The van der Waals surface area contributed by atoms with Crippen molar-refractivity contribution >= 4 is 27.6 Å². The smallest absolute Gasteiger partial charge is 0.302 e. The fourth-order valence-corrected chi connectivity index (χ4v) is 4.23. The number of oxazole rings is 1. The fourth-order valence-electron chi connectivity index (χ4n) is 3.80. The minimum atomic E-state index is -3.74. The van der Waals surface area contributed by atoms with E-state index in [1.807, 2.05) is 4.72 Å². The van der Waals surface area contributed by atoms with E-state index in [4.69, 9.17) is 9.68 Å². The number of hydrogen-bond donors (Lipinski definition) is 2. The number of amides is 1. The van der Waals surface area contributed by atoms with Crippen molar-refractivity contribution in [2.75, 3.05) is 17.7 Å². The molecule has 0 bridgehead atoms. The Hall–Kier alpha value is -2.90. The molecule has 2 aromatic rings. The van der Waals surface area contributed by atoms with E-state index in [0.29, 0.717) is 24.2 Å². The van der Waals surface area contributed by atoms with Crippen LogP contribution in [-0.2, 0) is 10.0 Å². The van der Waals surface area contributed by atoms with E-state index in [2.05, 4.69) is 11.1 Å². The van der Waals surface area contributed by atoms with Crippen LogP contribution >= 0.6 is 0 Å². The maximum absolute atomic E-state index is 12.3. The number of carbonyl (C=O) groups is 1. The highest BCUT2D eigenvalue weighted by molar-refractivity contribution is 7.89. The number of sulfonamides is 1. The van der Waals surface area contributed by atoms with E-state index in [0.717, 1.165) is 31.9 Å². The number of carbonyl (C=O) groups excluding carboxylic acids is 1. The summed E-state index contributed by atoms with van der Waals surface area (Å²) in [5.74, 6) is -0.524. The van der Waals surface area contributed by atoms with Gasteiger partial charge in [-0.1, -0.05) is 12.8 Å². The van der Waals surface area contributed by atoms with Gasteiger partial charge in [-0.25, -0.2) is 13.1 Å². The predicted molar refractivity (Wildman–Crippen MR) is 114 cm³/mol. The summed E-state index contributed by atoms with van der Waals surface area (Å²) in [5, 5.41) is 19.4. The summed E-state index contributed by atoms with van der Waals surface area (Å²) in [4.78, 5) is 18.3. The predicted octanol–water partition coefficient (Wildman–Crippen LogP) is 2.62. The topological polar surface area (TPSA) is 137 Å². The molecular weight excluding hydrogens is 420 g/mol. The average Bonchev–Trinajstić information content (AvgIpc) is 3.10. The van der Waals surface area contributed by atoms with Gasteiger partial charge in [-0.05, 0) is 56.4 Å². The van der Waals surface area contributed by atoms with E-state index in [9.17, 15) is 18.3 Å². The molecule has 9 nitrogen and oxygen atoms in total. The zero-order chi connectivity index (χ0) is 22.6. The van der Waals surface area contributed by atoms with E-state index in [1.54, 1.807) is 29.2 Å². The molecule has 1 aromatic carbocycles. The first-order valence-corrected chi connectivity index (χ1v) is 12.0. The summed E-state index contributed by atoms with van der Waals surface area (Å²) in [6.07, 6.45) is 5.05. The van der Waals surface area contributed by atoms with Gasteiger partial charge in [0.05, 0.1) is 24.0 Å². The number of aromatic nitrogens is 1. The van der Waals surface area contributed by atoms with Crippen molar-refractivity contribution in [1.29, 1.82) is 5.26 Å². The van der Waals surface area contributed by atoms with Crippen molar-refractivity contribution in [3.05, 3.63) is 41.3 Å². The van der Waals surface area contributed by atoms with Gasteiger partial charge < -0.3 is 9.52 Å². The van der Waals surface area contributed by atoms with Gasteiger partial charge in [0.25, 0.3) is 5.91 Å². The first kappa shape index (κ1) is 22.8. The van der Waals surface area contributed by atoms with Crippen LogP contribution in [0, 0.1) is 24.2 Å². The Labute approximate surface area is 181 Å². The first-order chi connectivity index (χ1) is 14.7.